The van der Waals surface area contributed by atoms with Gasteiger partial charge in [0.15, 0.2) is 0 Å². The molecule has 3 rings (SSSR count). The van der Waals surface area contributed by atoms with Crippen molar-refractivity contribution < 1.29 is 9.53 Å². The maximum Gasteiger partial charge on any atom is 0.306 e. The van der Waals surface area contributed by atoms with Gasteiger partial charge in [0.05, 0.1) is 0 Å². The molecular weight excluding hydrogens is 284 g/mol. The summed E-state index contributed by atoms with van der Waals surface area (Å²) in [5.41, 5.74) is 3.22. The highest BCUT2D eigenvalue weighted by Gasteiger charge is 2.24. The maximum absolute atomic E-state index is 11.1. The summed E-state index contributed by atoms with van der Waals surface area (Å²) in [7, 11) is 0. The molecule has 0 amide bonds. The van der Waals surface area contributed by atoms with Crippen LogP contribution in [0.5, 0.6) is 0 Å². The normalized spacial score (nSPS) is 18.1. The molecule has 1 aliphatic rings. The van der Waals surface area contributed by atoms with Crippen LogP contribution in [0.15, 0.2) is 48.5 Å². The zero-order valence-electron chi connectivity index (χ0n) is 11.5. The van der Waals surface area contributed by atoms with Gasteiger partial charge in [-0.25, -0.2) is 0 Å². The van der Waals surface area contributed by atoms with Gasteiger partial charge in [-0.2, -0.15) is 0 Å². The molecule has 1 atom stereocenters. The molecule has 0 bridgehead atoms. The molecule has 1 unspecified atom stereocenters. The third-order valence-corrected chi connectivity index (χ3v) is 3.74. The Morgan fingerprint density at radius 3 is 2.48 bits per heavy atom. The Labute approximate surface area is 129 Å². The van der Waals surface area contributed by atoms with Crippen molar-refractivity contribution >= 4 is 29.7 Å². The van der Waals surface area contributed by atoms with E-state index >= 15 is 0 Å². The molecule has 0 saturated carbocycles. The van der Waals surface area contributed by atoms with Gasteiger partial charge in [0.2, 0.25) is 0 Å². The lowest BCUT2D eigenvalue weighted by molar-refractivity contribution is -0.141. The number of ether oxygens (including phenoxy) is 1. The van der Waals surface area contributed by atoms with Crippen molar-refractivity contribution in [1.82, 2.24) is 0 Å². The number of hydrogen-bond donors (Lipinski definition) is 0. The van der Waals surface area contributed by atoms with Gasteiger partial charge in [-0.05, 0) is 35.2 Å². The second-order valence-electron chi connectivity index (χ2n) is 5.07. The summed E-state index contributed by atoms with van der Waals surface area (Å²) < 4.78 is 5.26. The molecule has 21 heavy (non-hydrogen) atoms. The molecule has 3 heteroatoms. The van der Waals surface area contributed by atoms with Crippen LogP contribution >= 0.6 is 11.6 Å². The minimum Gasteiger partial charge on any atom is -0.457 e. The zero-order valence-corrected chi connectivity index (χ0v) is 12.2. The molecule has 2 aromatic carbocycles. The fourth-order valence-electron chi connectivity index (χ4n) is 2.38. The lowest BCUT2D eigenvalue weighted by Crippen LogP contribution is -1.98. The molecule has 1 fully saturated rings. The van der Waals surface area contributed by atoms with E-state index in [0.29, 0.717) is 6.42 Å². The first kappa shape index (κ1) is 13.9. The Kier molecular flexibility index (Phi) is 4.07. The van der Waals surface area contributed by atoms with Crippen LogP contribution in [0.2, 0.25) is 5.02 Å². The third kappa shape index (κ3) is 3.53. The van der Waals surface area contributed by atoms with Crippen molar-refractivity contribution in [3.05, 3.63) is 70.2 Å². The summed E-state index contributed by atoms with van der Waals surface area (Å²) in [5, 5.41) is 0.732. The SMILES string of the molecule is O=C1CCC(c2ccc(/C=C/c3cccc(Cl)c3)cc2)O1. The highest BCUT2D eigenvalue weighted by molar-refractivity contribution is 6.30. The summed E-state index contributed by atoms with van der Waals surface area (Å²) in [4.78, 5) is 11.1. The quantitative estimate of drug-likeness (QED) is 0.596. The van der Waals surface area contributed by atoms with E-state index in [2.05, 4.69) is 0 Å². The highest BCUT2D eigenvalue weighted by Crippen LogP contribution is 2.29. The molecular formula is C18H15ClO2. The van der Waals surface area contributed by atoms with Gasteiger partial charge in [0.25, 0.3) is 0 Å². The number of halogens is 1. The largest absolute Gasteiger partial charge is 0.457 e. The van der Waals surface area contributed by atoms with E-state index in [1.165, 1.54) is 0 Å². The van der Waals surface area contributed by atoms with E-state index in [-0.39, 0.29) is 12.1 Å². The monoisotopic (exact) mass is 298 g/mol. The number of benzene rings is 2. The zero-order chi connectivity index (χ0) is 14.7. The third-order valence-electron chi connectivity index (χ3n) is 3.51. The average molecular weight is 299 g/mol. The number of carbonyl (C=O) groups is 1. The fourth-order valence-corrected chi connectivity index (χ4v) is 2.58. The Hall–Kier alpha value is -2.06. The lowest BCUT2D eigenvalue weighted by Gasteiger charge is -2.09. The predicted molar refractivity (Wildman–Crippen MR) is 84.9 cm³/mol. The average Bonchev–Trinajstić information content (AvgIpc) is 2.92. The first-order chi connectivity index (χ1) is 10.2. The summed E-state index contributed by atoms with van der Waals surface area (Å²) in [6, 6.07) is 15.8. The smallest absolute Gasteiger partial charge is 0.306 e. The second kappa shape index (κ2) is 6.15. The van der Waals surface area contributed by atoms with Gasteiger partial charge < -0.3 is 4.74 Å². The van der Waals surface area contributed by atoms with E-state index in [9.17, 15) is 4.79 Å². The first-order valence-electron chi connectivity index (χ1n) is 6.94. The van der Waals surface area contributed by atoms with Crippen molar-refractivity contribution in [2.45, 2.75) is 18.9 Å². The van der Waals surface area contributed by atoms with Crippen LogP contribution in [0.1, 0.15) is 35.6 Å². The summed E-state index contributed by atoms with van der Waals surface area (Å²) in [6.45, 7) is 0. The Morgan fingerprint density at radius 2 is 1.81 bits per heavy atom. The minimum absolute atomic E-state index is 0.0801. The number of carbonyl (C=O) groups excluding carboxylic acids is 1. The van der Waals surface area contributed by atoms with Crippen LogP contribution in [0.3, 0.4) is 0 Å². The fraction of sp³-hybridized carbons (Fsp3) is 0.167. The molecule has 2 nitrogen and oxygen atoms in total. The van der Waals surface area contributed by atoms with Gasteiger partial charge in [-0.1, -0.05) is 60.2 Å². The second-order valence-corrected chi connectivity index (χ2v) is 5.51. The highest BCUT2D eigenvalue weighted by atomic mass is 35.5. The molecule has 0 N–H and O–H groups in total. The molecule has 1 heterocycles. The molecule has 0 aromatic heterocycles. The van der Waals surface area contributed by atoms with Crippen molar-refractivity contribution in [2.24, 2.45) is 0 Å². The van der Waals surface area contributed by atoms with E-state index in [1.54, 1.807) is 0 Å². The van der Waals surface area contributed by atoms with E-state index < -0.39 is 0 Å². The Bertz CT molecular complexity index is 674. The van der Waals surface area contributed by atoms with Crippen LogP contribution in [-0.2, 0) is 9.53 Å². The summed E-state index contributed by atoms with van der Waals surface area (Å²) >= 11 is 5.96. The minimum atomic E-state index is -0.107. The molecule has 2 aromatic rings. The van der Waals surface area contributed by atoms with Crippen molar-refractivity contribution in [3.63, 3.8) is 0 Å². The Morgan fingerprint density at radius 1 is 1.05 bits per heavy atom. The first-order valence-corrected chi connectivity index (χ1v) is 7.31. The molecule has 1 saturated heterocycles. The number of rotatable bonds is 3. The van der Waals surface area contributed by atoms with E-state index in [1.807, 2.05) is 60.7 Å². The van der Waals surface area contributed by atoms with Crippen molar-refractivity contribution in [2.75, 3.05) is 0 Å². The molecule has 1 aliphatic heterocycles. The predicted octanol–water partition coefficient (Wildman–Crippen LogP) is 4.89. The summed E-state index contributed by atoms with van der Waals surface area (Å²) in [6.07, 6.45) is 5.27. The molecule has 0 aliphatic carbocycles. The standard InChI is InChI=1S/C18H15ClO2/c19-16-3-1-2-14(12-16)5-4-13-6-8-15(9-7-13)17-10-11-18(20)21-17/h1-9,12,17H,10-11H2/b5-4+. The topological polar surface area (TPSA) is 26.3 Å². The van der Waals surface area contributed by atoms with Gasteiger partial charge in [-0.3, -0.25) is 4.79 Å². The van der Waals surface area contributed by atoms with Crippen LogP contribution in [0.4, 0.5) is 0 Å². The van der Waals surface area contributed by atoms with Gasteiger partial charge in [0, 0.05) is 11.4 Å². The Balaban J connectivity index is 1.71. The van der Waals surface area contributed by atoms with Crippen LogP contribution < -0.4 is 0 Å². The maximum atomic E-state index is 11.1. The van der Waals surface area contributed by atoms with Crippen LogP contribution in [0.25, 0.3) is 12.2 Å². The number of esters is 1. The van der Waals surface area contributed by atoms with E-state index in [4.69, 9.17) is 16.3 Å². The van der Waals surface area contributed by atoms with Gasteiger partial charge in [0.1, 0.15) is 6.10 Å². The van der Waals surface area contributed by atoms with Crippen LogP contribution in [-0.4, -0.2) is 5.97 Å². The van der Waals surface area contributed by atoms with Gasteiger partial charge >= 0.3 is 5.97 Å². The lowest BCUT2D eigenvalue weighted by atomic mass is 10.0. The van der Waals surface area contributed by atoms with Crippen molar-refractivity contribution in [1.29, 1.82) is 0 Å². The van der Waals surface area contributed by atoms with E-state index in [0.717, 1.165) is 28.1 Å². The van der Waals surface area contributed by atoms with Crippen LogP contribution in [0, 0.1) is 0 Å². The molecule has 106 valence electrons. The molecule has 0 spiro atoms. The number of cyclic esters (lactones) is 1. The van der Waals surface area contributed by atoms with Crippen molar-refractivity contribution in [3.8, 4) is 0 Å². The number of hydrogen-bond acceptors (Lipinski definition) is 2. The molecule has 0 radical (unpaired) electrons. The van der Waals surface area contributed by atoms with Gasteiger partial charge in [-0.15, -0.1) is 0 Å². The summed E-state index contributed by atoms with van der Waals surface area (Å²) in [5.74, 6) is -0.107.